The third-order valence-electron chi connectivity index (χ3n) is 1.60. The Morgan fingerprint density at radius 1 is 1.53 bits per heavy atom. The van der Waals surface area contributed by atoms with Crippen molar-refractivity contribution in [3.63, 3.8) is 0 Å². The Hall–Kier alpha value is -1.18. The van der Waals surface area contributed by atoms with Gasteiger partial charge < -0.3 is 0 Å². The Kier molecular flexibility index (Phi) is 5.20. The highest BCUT2D eigenvalue weighted by Gasteiger charge is 2.04. The van der Waals surface area contributed by atoms with Crippen molar-refractivity contribution in [2.24, 2.45) is 7.05 Å². The van der Waals surface area contributed by atoms with E-state index in [1.807, 2.05) is 36.4 Å². The lowest BCUT2D eigenvalue weighted by atomic mass is 10.3. The van der Waals surface area contributed by atoms with Crippen molar-refractivity contribution in [3.05, 3.63) is 31.4 Å². The third kappa shape index (κ3) is 7.86. The molecule has 86 valence electrons. The highest BCUT2D eigenvalue weighted by molar-refractivity contribution is 7.79. The van der Waals surface area contributed by atoms with Crippen molar-refractivity contribution >= 4 is 10.4 Å². The lowest BCUT2D eigenvalue weighted by Crippen LogP contribution is -2.24. The lowest BCUT2D eigenvalue weighted by Gasteiger charge is -1.97. The van der Waals surface area contributed by atoms with E-state index in [1.54, 1.807) is 0 Å². The second kappa shape index (κ2) is 5.64. The minimum Gasteiger partial charge on any atom is -0.264 e. The summed E-state index contributed by atoms with van der Waals surface area (Å²) >= 11 is 0. The Morgan fingerprint density at radius 2 is 2.00 bits per heavy atom. The van der Waals surface area contributed by atoms with Crippen LogP contribution >= 0.6 is 0 Å². The predicted molar refractivity (Wildman–Crippen MR) is 54.7 cm³/mol. The summed E-state index contributed by atoms with van der Waals surface area (Å²) in [6, 6.07) is 0.390. The summed E-state index contributed by atoms with van der Waals surface area (Å²) in [6.07, 6.45) is 8.00. The fourth-order valence-corrected chi connectivity index (χ4v) is 0.832. The minimum absolute atomic E-state index is 0.390. The van der Waals surface area contributed by atoms with Gasteiger partial charge in [0.25, 0.3) is 0 Å². The molecule has 1 heterocycles. The van der Waals surface area contributed by atoms with Crippen LogP contribution in [0.2, 0.25) is 0 Å². The molecule has 0 saturated carbocycles. The fourth-order valence-electron chi connectivity index (χ4n) is 0.832. The predicted octanol–water partition coefficient (Wildman–Crippen LogP) is 0.407. The summed E-state index contributed by atoms with van der Waals surface area (Å²) in [5.41, 5.74) is 0. The van der Waals surface area contributed by atoms with Gasteiger partial charge in [-0.05, 0) is 13.0 Å². The average Bonchev–Trinajstić information content (AvgIpc) is 2.47. The van der Waals surface area contributed by atoms with Crippen molar-refractivity contribution in [3.8, 4) is 0 Å². The summed E-state index contributed by atoms with van der Waals surface area (Å²) in [4.78, 5) is 0. The zero-order valence-electron chi connectivity index (χ0n) is 8.61. The van der Waals surface area contributed by atoms with Gasteiger partial charge in [-0.2, -0.15) is 8.42 Å². The van der Waals surface area contributed by atoms with E-state index >= 15 is 0 Å². The van der Waals surface area contributed by atoms with Crippen LogP contribution in [0.25, 0.3) is 0 Å². The van der Waals surface area contributed by atoms with Crippen LogP contribution in [0.5, 0.6) is 0 Å². The number of aryl methyl sites for hydroxylation is 1. The molecular formula is C8H15N2O4S+. The van der Waals surface area contributed by atoms with Gasteiger partial charge in [-0.25, -0.2) is 9.13 Å². The highest BCUT2D eigenvalue weighted by Crippen LogP contribution is 2.02. The van der Waals surface area contributed by atoms with E-state index < -0.39 is 10.4 Å². The van der Waals surface area contributed by atoms with Crippen LogP contribution in [-0.4, -0.2) is 22.1 Å². The van der Waals surface area contributed by atoms with Crippen molar-refractivity contribution in [1.82, 2.24) is 4.57 Å². The molecule has 0 amide bonds. The monoisotopic (exact) mass is 235 g/mol. The molecule has 0 aliphatic rings. The van der Waals surface area contributed by atoms with Gasteiger partial charge in [0.1, 0.15) is 18.4 Å². The van der Waals surface area contributed by atoms with Crippen LogP contribution in [0.4, 0.5) is 0 Å². The summed E-state index contributed by atoms with van der Waals surface area (Å²) in [6.45, 7) is 5.82. The molecule has 1 atom stereocenters. The maximum Gasteiger partial charge on any atom is 0.394 e. The number of allylic oxidation sites excluding steroid dienone is 1. The van der Waals surface area contributed by atoms with E-state index in [4.69, 9.17) is 17.5 Å². The second-order valence-electron chi connectivity index (χ2n) is 2.95. The molecule has 15 heavy (non-hydrogen) atoms. The summed E-state index contributed by atoms with van der Waals surface area (Å²) < 4.78 is 35.7. The molecule has 0 aliphatic heterocycles. The van der Waals surface area contributed by atoms with Gasteiger partial charge in [0.15, 0.2) is 0 Å². The highest BCUT2D eigenvalue weighted by atomic mass is 32.3. The van der Waals surface area contributed by atoms with Crippen LogP contribution in [0.15, 0.2) is 31.4 Å². The van der Waals surface area contributed by atoms with Gasteiger partial charge in [-0.15, -0.1) is 0 Å². The van der Waals surface area contributed by atoms with E-state index in [2.05, 4.69) is 18.1 Å². The van der Waals surface area contributed by atoms with Gasteiger partial charge in [0.2, 0.25) is 6.33 Å². The quantitative estimate of drug-likeness (QED) is 0.442. The molecule has 2 N–H and O–H groups in total. The second-order valence-corrected chi connectivity index (χ2v) is 3.85. The smallest absolute Gasteiger partial charge is 0.264 e. The number of hydrogen-bond donors (Lipinski definition) is 2. The minimum atomic E-state index is -4.67. The number of aromatic nitrogens is 2. The average molecular weight is 235 g/mol. The number of rotatable bonds is 2. The van der Waals surface area contributed by atoms with Gasteiger partial charge in [0, 0.05) is 0 Å². The van der Waals surface area contributed by atoms with Crippen molar-refractivity contribution in [2.75, 3.05) is 0 Å². The maximum absolute atomic E-state index is 8.74. The van der Waals surface area contributed by atoms with Gasteiger partial charge in [-0.3, -0.25) is 9.11 Å². The van der Waals surface area contributed by atoms with E-state index in [9.17, 15) is 0 Å². The van der Waals surface area contributed by atoms with Crippen LogP contribution in [0, 0.1) is 0 Å². The Morgan fingerprint density at radius 3 is 2.27 bits per heavy atom. The Balaban J connectivity index is 0.000000336. The first-order chi connectivity index (χ1) is 6.74. The molecule has 1 rings (SSSR count). The van der Waals surface area contributed by atoms with Crippen LogP contribution in [0.1, 0.15) is 13.0 Å². The zero-order valence-corrected chi connectivity index (χ0v) is 9.42. The number of nitrogens with zero attached hydrogens (tertiary/aromatic N) is 2. The van der Waals surface area contributed by atoms with Gasteiger partial charge in [0.05, 0.1) is 7.05 Å². The molecule has 0 aliphatic carbocycles. The molecule has 0 fully saturated rings. The molecule has 0 saturated heterocycles. The molecule has 0 radical (unpaired) electrons. The SMILES string of the molecule is C=CC(C)n1cc[n+](C)c1.O=S(=O)(O)O. The molecule has 1 aromatic rings. The van der Waals surface area contributed by atoms with E-state index in [0.29, 0.717) is 6.04 Å². The largest absolute Gasteiger partial charge is 0.394 e. The van der Waals surface area contributed by atoms with Gasteiger partial charge >= 0.3 is 10.4 Å². The molecular weight excluding hydrogens is 220 g/mol. The molecule has 7 heteroatoms. The van der Waals surface area contributed by atoms with Crippen LogP contribution < -0.4 is 4.57 Å². The fraction of sp³-hybridized carbons (Fsp3) is 0.375. The first kappa shape index (κ1) is 13.8. The maximum atomic E-state index is 8.74. The van der Waals surface area contributed by atoms with Crippen molar-refractivity contribution in [2.45, 2.75) is 13.0 Å². The summed E-state index contributed by atoms with van der Waals surface area (Å²) in [7, 11) is -2.66. The molecule has 1 unspecified atom stereocenters. The Labute approximate surface area is 89.1 Å². The normalized spacial score (nSPS) is 12.5. The summed E-state index contributed by atoms with van der Waals surface area (Å²) in [5.74, 6) is 0. The van der Waals surface area contributed by atoms with Crippen molar-refractivity contribution in [1.29, 1.82) is 0 Å². The Bertz CT molecular complexity index is 402. The van der Waals surface area contributed by atoms with Crippen molar-refractivity contribution < 1.29 is 22.1 Å². The van der Waals surface area contributed by atoms with Crippen LogP contribution in [-0.2, 0) is 17.4 Å². The zero-order chi connectivity index (χ0) is 12.1. The summed E-state index contributed by atoms with van der Waals surface area (Å²) in [5, 5.41) is 0. The molecule has 0 aromatic carbocycles. The molecule has 0 spiro atoms. The number of imidazole rings is 1. The molecule has 1 aromatic heterocycles. The van der Waals surface area contributed by atoms with Crippen LogP contribution in [0.3, 0.4) is 0 Å². The topological polar surface area (TPSA) is 83.4 Å². The third-order valence-corrected chi connectivity index (χ3v) is 1.60. The molecule has 0 bridgehead atoms. The van der Waals surface area contributed by atoms with Gasteiger partial charge in [-0.1, -0.05) is 6.58 Å². The van der Waals surface area contributed by atoms with E-state index in [0.717, 1.165) is 0 Å². The first-order valence-electron chi connectivity index (χ1n) is 4.09. The van der Waals surface area contributed by atoms with E-state index in [1.165, 1.54) is 0 Å². The lowest BCUT2D eigenvalue weighted by molar-refractivity contribution is -0.671. The number of hydrogen-bond acceptors (Lipinski definition) is 2. The van der Waals surface area contributed by atoms with E-state index in [-0.39, 0.29) is 0 Å². The standard InChI is InChI=1S/C8H13N2.H2O4S/c1-4-8(2)10-6-5-9(3)7-10;1-5(2,3)4/h4-8H,1H2,2-3H3;(H2,1,2,3,4)/q+1;. The first-order valence-corrected chi connectivity index (χ1v) is 5.49. The molecule has 6 nitrogen and oxygen atoms in total.